The molecule has 0 radical (unpaired) electrons. The molecule has 0 aliphatic rings. The predicted molar refractivity (Wildman–Crippen MR) is 301 cm³/mol. The van der Waals surface area contributed by atoms with Crippen LogP contribution in [0.2, 0.25) is 0 Å². The maximum atomic E-state index is 11.7. The van der Waals surface area contributed by atoms with E-state index in [4.69, 9.17) is 9.47 Å². The standard InChI is InChI=1S/C36H31NO2.C31H29NO2/c1-27(2)36(38)39-35-25-17-29(18-26-35)14-13-28-15-21-33(22-16-28)37(32-11-7-4-8-12-32)34-23-19-31(20-24-34)30-9-5-3-6-10-30;1-4-31(33)34-30-21-13-26(14-22-30)10-9-25-11-19-29(20-12-25)32(27-15-5-23(2)6-16-27)28-17-7-24(3)8-18-28/h3-12,15-26H,1,13-14H2,2H3;4-8,11-22H,1,9-10H2,2-3H3. The van der Waals surface area contributed by atoms with Gasteiger partial charge in [-0.15, -0.1) is 0 Å². The lowest BCUT2D eigenvalue weighted by molar-refractivity contribution is -0.130. The Morgan fingerprint density at radius 3 is 1.07 bits per heavy atom. The molecule has 73 heavy (non-hydrogen) atoms. The predicted octanol–water partition coefficient (Wildman–Crippen LogP) is 16.7. The van der Waals surface area contributed by atoms with E-state index in [1.54, 1.807) is 6.92 Å². The summed E-state index contributed by atoms with van der Waals surface area (Å²) in [5.74, 6) is 0.219. The van der Waals surface area contributed by atoms with Crippen LogP contribution in [0.5, 0.6) is 11.5 Å². The molecule has 0 unspecified atom stereocenters. The first-order valence-electron chi connectivity index (χ1n) is 24.6. The van der Waals surface area contributed by atoms with Crippen molar-refractivity contribution in [1.82, 2.24) is 0 Å². The third kappa shape index (κ3) is 14.1. The molecule has 9 rings (SSSR count). The fourth-order valence-electron chi connectivity index (χ4n) is 8.29. The van der Waals surface area contributed by atoms with Gasteiger partial charge in [-0.2, -0.15) is 0 Å². The van der Waals surface area contributed by atoms with Crippen molar-refractivity contribution in [1.29, 1.82) is 0 Å². The van der Waals surface area contributed by atoms with E-state index in [1.165, 1.54) is 44.5 Å². The van der Waals surface area contributed by atoms with E-state index in [0.717, 1.165) is 65.9 Å². The summed E-state index contributed by atoms with van der Waals surface area (Å²) >= 11 is 0. The van der Waals surface area contributed by atoms with Gasteiger partial charge in [0.15, 0.2) is 0 Å². The molecule has 6 nitrogen and oxygen atoms in total. The van der Waals surface area contributed by atoms with Crippen molar-refractivity contribution in [3.63, 3.8) is 0 Å². The van der Waals surface area contributed by atoms with Crippen molar-refractivity contribution in [2.45, 2.75) is 46.5 Å². The minimum atomic E-state index is -0.446. The number of benzene rings is 9. The molecule has 0 spiro atoms. The number of ether oxygens (including phenoxy) is 2. The molecule has 6 heteroatoms. The Balaban J connectivity index is 0.000000197. The Labute approximate surface area is 430 Å². The van der Waals surface area contributed by atoms with Gasteiger partial charge in [-0.25, -0.2) is 9.59 Å². The van der Waals surface area contributed by atoms with E-state index in [-0.39, 0.29) is 0 Å². The second-order valence-corrected chi connectivity index (χ2v) is 18.0. The van der Waals surface area contributed by atoms with E-state index in [9.17, 15) is 9.59 Å². The van der Waals surface area contributed by atoms with Crippen molar-refractivity contribution in [2.24, 2.45) is 0 Å². The number of aryl methyl sites for hydroxylation is 6. The summed E-state index contributed by atoms with van der Waals surface area (Å²) in [6, 6.07) is 79.7. The minimum absolute atomic E-state index is 0.387. The Kier molecular flexibility index (Phi) is 17.1. The number of carbonyl (C=O) groups excluding carboxylic acids is 2. The molecule has 362 valence electrons. The van der Waals surface area contributed by atoms with Crippen LogP contribution in [0, 0.1) is 13.8 Å². The molecule has 0 aromatic heterocycles. The first-order valence-corrected chi connectivity index (χ1v) is 24.6. The molecule has 0 heterocycles. The lowest BCUT2D eigenvalue weighted by Gasteiger charge is -2.26. The van der Waals surface area contributed by atoms with Crippen LogP contribution in [-0.4, -0.2) is 11.9 Å². The van der Waals surface area contributed by atoms with Crippen LogP contribution in [0.1, 0.15) is 40.3 Å². The fourth-order valence-corrected chi connectivity index (χ4v) is 8.29. The van der Waals surface area contributed by atoms with Crippen LogP contribution in [0.4, 0.5) is 34.1 Å². The van der Waals surface area contributed by atoms with Gasteiger partial charge in [0, 0.05) is 45.8 Å². The molecule has 0 N–H and O–H groups in total. The van der Waals surface area contributed by atoms with Gasteiger partial charge in [-0.05, 0) is 177 Å². The summed E-state index contributed by atoms with van der Waals surface area (Å²) in [4.78, 5) is 27.6. The van der Waals surface area contributed by atoms with Gasteiger partial charge in [-0.3, -0.25) is 0 Å². The Morgan fingerprint density at radius 2 is 0.699 bits per heavy atom. The van der Waals surface area contributed by atoms with E-state index in [0.29, 0.717) is 17.1 Å². The van der Waals surface area contributed by atoms with E-state index >= 15 is 0 Å². The van der Waals surface area contributed by atoms with E-state index in [2.05, 4.69) is 207 Å². The Bertz CT molecular complexity index is 3160. The summed E-state index contributed by atoms with van der Waals surface area (Å²) in [6.07, 6.45) is 4.83. The third-order valence-corrected chi connectivity index (χ3v) is 12.4. The third-order valence-electron chi connectivity index (χ3n) is 12.4. The molecule has 0 bridgehead atoms. The quantitative estimate of drug-likeness (QED) is 0.0515. The lowest BCUT2D eigenvalue weighted by Crippen LogP contribution is -2.10. The molecule has 9 aromatic carbocycles. The molecule has 0 atom stereocenters. The topological polar surface area (TPSA) is 59.1 Å². The van der Waals surface area contributed by atoms with Crippen molar-refractivity contribution in [2.75, 3.05) is 9.80 Å². The summed E-state index contributed by atoms with van der Waals surface area (Å²) < 4.78 is 10.4. The SMILES string of the molecule is C=C(C)C(=O)Oc1ccc(CCc2ccc(N(c3ccccc3)c3ccc(-c4ccccc4)cc3)cc2)cc1.C=CC(=O)Oc1ccc(CCc2ccc(N(c3ccc(C)cc3)c3ccc(C)cc3)cc2)cc1. The lowest BCUT2D eigenvalue weighted by atomic mass is 10.0. The second-order valence-electron chi connectivity index (χ2n) is 18.0. The number of esters is 2. The first kappa shape index (κ1) is 50.4. The van der Waals surface area contributed by atoms with Gasteiger partial charge < -0.3 is 19.3 Å². The average Bonchev–Trinajstić information content (AvgIpc) is 3.43. The van der Waals surface area contributed by atoms with Gasteiger partial charge in [0.25, 0.3) is 0 Å². The summed E-state index contributed by atoms with van der Waals surface area (Å²) in [7, 11) is 0. The molecule has 0 aliphatic heterocycles. The van der Waals surface area contributed by atoms with Gasteiger partial charge in [-0.1, -0.05) is 158 Å². The fraction of sp³-hybridized carbons (Fsp3) is 0.104. The molecular weight excluding hydrogens is 897 g/mol. The average molecular weight is 957 g/mol. The molecule has 0 saturated carbocycles. The van der Waals surface area contributed by atoms with Crippen LogP contribution in [-0.2, 0) is 35.3 Å². The van der Waals surface area contributed by atoms with Crippen LogP contribution in [0.3, 0.4) is 0 Å². The van der Waals surface area contributed by atoms with Crippen molar-refractivity contribution in [3.8, 4) is 22.6 Å². The summed E-state index contributed by atoms with van der Waals surface area (Å²) in [6.45, 7) is 12.9. The number of anilines is 6. The highest BCUT2D eigenvalue weighted by atomic mass is 16.5. The maximum Gasteiger partial charge on any atom is 0.338 e. The van der Waals surface area contributed by atoms with E-state index in [1.807, 2.05) is 60.7 Å². The second kappa shape index (κ2) is 24.7. The van der Waals surface area contributed by atoms with Crippen LogP contribution in [0.25, 0.3) is 11.1 Å². The first-order chi connectivity index (χ1) is 35.6. The zero-order valence-corrected chi connectivity index (χ0v) is 41.8. The molecule has 0 amide bonds. The monoisotopic (exact) mass is 956 g/mol. The number of hydrogen-bond donors (Lipinski definition) is 0. The smallest absolute Gasteiger partial charge is 0.338 e. The molecule has 0 fully saturated rings. The van der Waals surface area contributed by atoms with Gasteiger partial charge in [0.1, 0.15) is 11.5 Å². The number of rotatable bonds is 17. The van der Waals surface area contributed by atoms with Gasteiger partial charge in [0.05, 0.1) is 0 Å². The number of nitrogens with zero attached hydrogens (tertiary/aromatic N) is 2. The van der Waals surface area contributed by atoms with Crippen LogP contribution >= 0.6 is 0 Å². The van der Waals surface area contributed by atoms with E-state index < -0.39 is 11.9 Å². The Morgan fingerprint density at radius 1 is 0.397 bits per heavy atom. The van der Waals surface area contributed by atoms with Crippen molar-refractivity contribution >= 4 is 46.1 Å². The Hall–Kier alpha value is -9.00. The van der Waals surface area contributed by atoms with Crippen LogP contribution < -0.4 is 19.3 Å². The van der Waals surface area contributed by atoms with Crippen LogP contribution in [0.15, 0.2) is 255 Å². The van der Waals surface area contributed by atoms with Crippen molar-refractivity contribution < 1.29 is 19.1 Å². The zero-order valence-electron chi connectivity index (χ0n) is 41.8. The largest absolute Gasteiger partial charge is 0.423 e. The summed E-state index contributed by atoms with van der Waals surface area (Å²) in [5.41, 5.74) is 17.0. The number of hydrogen-bond acceptors (Lipinski definition) is 6. The molecular formula is C67H60N2O4. The minimum Gasteiger partial charge on any atom is -0.423 e. The number of carbonyl (C=O) groups is 2. The maximum absolute atomic E-state index is 11.7. The zero-order chi connectivity index (χ0) is 50.9. The van der Waals surface area contributed by atoms with Gasteiger partial charge in [0.2, 0.25) is 0 Å². The number of para-hydroxylation sites is 1. The normalized spacial score (nSPS) is 10.6. The molecule has 9 aromatic rings. The highest BCUT2D eigenvalue weighted by Crippen LogP contribution is 2.37. The molecule has 0 saturated heterocycles. The highest BCUT2D eigenvalue weighted by Gasteiger charge is 2.15. The molecule has 0 aliphatic carbocycles. The van der Waals surface area contributed by atoms with Gasteiger partial charge >= 0.3 is 11.9 Å². The summed E-state index contributed by atoms with van der Waals surface area (Å²) in [5, 5.41) is 0. The highest BCUT2D eigenvalue weighted by molar-refractivity contribution is 5.88. The van der Waals surface area contributed by atoms with Crippen molar-refractivity contribution in [3.05, 3.63) is 289 Å².